The van der Waals surface area contributed by atoms with Gasteiger partial charge in [0, 0.05) is 13.0 Å². The summed E-state index contributed by atoms with van der Waals surface area (Å²) in [5.74, 6) is -3.50. The Morgan fingerprint density at radius 3 is 2.42 bits per heavy atom. The second-order valence-electron chi connectivity index (χ2n) is 4.95. The maximum Gasteiger partial charge on any atom is 0.314 e. The second-order valence-corrected chi connectivity index (χ2v) is 4.95. The average Bonchev–Trinajstić information content (AvgIpc) is 2.56. The van der Waals surface area contributed by atoms with Crippen LogP contribution >= 0.6 is 0 Å². The van der Waals surface area contributed by atoms with E-state index in [4.69, 9.17) is 9.47 Å². The molecule has 0 fully saturated rings. The molecule has 0 radical (unpaired) electrons. The molecular weight excluding hydrogens is 351 g/mol. The number of aliphatic carboxylic acids is 1. The molecule has 10 heteroatoms. The van der Waals surface area contributed by atoms with Crippen molar-refractivity contribution in [1.29, 1.82) is 0 Å². The number of anilines is 1. The van der Waals surface area contributed by atoms with Crippen LogP contribution in [0.25, 0.3) is 0 Å². The van der Waals surface area contributed by atoms with Crippen LogP contribution < -0.4 is 19.9 Å². The molecule has 0 saturated carbocycles. The first-order valence-corrected chi connectivity index (χ1v) is 7.13. The van der Waals surface area contributed by atoms with Crippen molar-refractivity contribution < 1.29 is 33.5 Å². The first-order chi connectivity index (χ1) is 12.3. The van der Waals surface area contributed by atoms with Crippen molar-refractivity contribution in [2.45, 2.75) is 6.92 Å². The molecule has 2 aromatic carbocycles. The Morgan fingerprint density at radius 1 is 1.19 bits per heavy atom. The molecule has 0 atom stereocenters. The molecule has 136 valence electrons. The second kappa shape index (κ2) is 7.92. The van der Waals surface area contributed by atoms with Gasteiger partial charge < -0.3 is 24.7 Å². The van der Waals surface area contributed by atoms with Gasteiger partial charge in [-0.2, -0.15) is 0 Å². The molecular formula is C16H12FN2O7-. The third-order valence-electron chi connectivity index (χ3n) is 2.97. The van der Waals surface area contributed by atoms with Gasteiger partial charge in [0.15, 0.2) is 17.3 Å². The molecule has 0 aliphatic rings. The smallest absolute Gasteiger partial charge is 0.314 e. The maximum absolute atomic E-state index is 13.9. The van der Waals surface area contributed by atoms with Gasteiger partial charge in [-0.05, 0) is 12.1 Å². The molecule has 0 bridgehead atoms. The minimum Gasteiger partial charge on any atom is -0.546 e. The number of nitrogens with zero attached hydrogens (tertiary/aromatic N) is 1. The summed E-state index contributed by atoms with van der Waals surface area (Å²) in [5.41, 5.74) is -1.00. The van der Waals surface area contributed by atoms with Crippen molar-refractivity contribution in [3.05, 3.63) is 52.3 Å². The standard InChI is InChI=1S/C16H13FN2O7/c1-9(20)18-11-7-15(12(19(23)24)6-10(11)17)26-14-5-3-2-4-13(14)25-8-16(21)22/h2-7H,8H2,1H3,(H,18,20)(H,21,22)/p-1. The first-order valence-electron chi connectivity index (χ1n) is 7.13. The molecule has 1 N–H and O–H groups in total. The number of carbonyl (C=O) groups excluding carboxylic acids is 2. The largest absolute Gasteiger partial charge is 0.546 e. The number of benzene rings is 2. The molecule has 0 saturated heterocycles. The Balaban J connectivity index is 2.43. The minimum absolute atomic E-state index is 0.0172. The molecule has 0 aliphatic carbocycles. The van der Waals surface area contributed by atoms with Crippen molar-refractivity contribution >= 4 is 23.3 Å². The van der Waals surface area contributed by atoms with E-state index in [0.717, 1.165) is 13.0 Å². The van der Waals surface area contributed by atoms with Crippen LogP contribution in [-0.2, 0) is 9.59 Å². The average molecular weight is 363 g/mol. The lowest BCUT2D eigenvalue weighted by atomic mass is 10.2. The summed E-state index contributed by atoms with van der Waals surface area (Å²) in [6.07, 6.45) is 0. The molecule has 0 unspecified atom stereocenters. The zero-order valence-corrected chi connectivity index (χ0v) is 13.4. The van der Waals surface area contributed by atoms with Crippen molar-refractivity contribution in [3.63, 3.8) is 0 Å². The maximum atomic E-state index is 13.9. The van der Waals surface area contributed by atoms with Gasteiger partial charge in [-0.25, -0.2) is 4.39 Å². The van der Waals surface area contributed by atoms with E-state index < -0.39 is 34.9 Å². The van der Waals surface area contributed by atoms with Crippen molar-refractivity contribution in [3.8, 4) is 17.2 Å². The number of rotatable bonds is 7. The number of carboxylic acids is 1. The molecule has 0 spiro atoms. The highest BCUT2D eigenvalue weighted by molar-refractivity contribution is 5.89. The van der Waals surface area contributed by atoms with E-state index in [2.05, 4.69) is 5.32 Å². The number of amides is 1. The van der Waals surface area contributed by atoms with Crippen LogP contribution in [0.1, 0.15) is 6.92 Å². The van der Waals surface area contributed by atoms with E-state index in [0.29, 0.717) is 6.07 Å². The number of carbonyl (C=O) groups is 2. The number of nitro benzene ring substituents is 1. The van der Waals surface area contributed by atoms with Gasteiger partial charge in [-0.3, -0.25) is 14.9 Å². The Labute approximate surface area is 146 Å². The lowest BCUT2D eigenvalue weighted by molar-refractivity contribution is -0.385. The summed E-state index contributed by atoms with van der Waals surface area (Å²) < 4.78 is 24.3. The molecule has 9 nitrogen and oxygen atoms in total. The highest BCUT2D eigenvalue weighted by Gasteiger charge is 2.22. The van der Waals surface area contributed by atoms with Crippen LogP contribution in [0.2, 0.25) is 0 Å². The minimum atomic E-state index is -1.47. The Kier molecular flexibility index (Phi) is 5.68. The van der Waals surface area contributed by atoms with Crippen molar-refractivity contribution in [2.24, 2.45) is 0 Å². The highest BCUT2D eigenvalue weighted by Crippen LogP contribution is 2.38. The van der Waals surface area contributed by atoms with Gasteiger partial charge in [0.2, 0.25) is 11.7 Å². The van der Waals surface area contributed by atoms with Gasteiger partial charge in [-0.1, -0.05) is 12.1 Å². The van der Waals surface area contributed by atoms with Gasteiger partial charge in [0.05, 0.1) is 22.6 Å². The Morgan fingerprint density at radius 2 is 1.85 bits per heavy atom. The lowest BCUT2D eigenvalue weighted by Gasteiger charge is -2.14. The lowest BCUT2D eigenvalue weighted by Crippen LogP contribution is -2.29. The predicted octanol–water partition coefficient (Wildman–Crippen LogP) is 1.61. The molecule has 1 amide bonds. The van der Waals surface area contributed by atoms with Crippen LogP contribution in [0, 0.1) is 15.9 Å². The highest BCUT2D eigenvalue weighted by atomic mass is 19.1. The normalized spacial score (nSPS) is 10.1. The van der Waals surface area contributed by atoms with Crippen LogP contribution in [0.3, 0.4) is 0 Å². The Hall–Kier alpha value is -3.69. The SMILES string of the molecule is CC(=O)Nc1cc(Oc2ccccc2OCC(=O)[O-])c([N+](=O)[O-])cc1F. The van der Waals surface area contributed by atoms with E-state index in [1.54, 1.807) is 0 Å². The number of carboxylic acid groups (broad SMARTS) is 1. The van der Waals surface area contributed by atoms with E-state index in [1.807, 2.05) is 0 Å². The molecule has 0 aromatic heterocycles. The molecule has 26 heavy (non-hydrogen) atoms. The fourth-order valence-corrected chi connectivity index (χ4v) is 1.96. The first kappa shape index (κ1) is 18.6. The summed E-state index contributed by atoms with van der Waals surface area (Å²) in [7, 11) is 0. The van der Waals surface area contributed by atoms with Gasteiger partial charge in [-0.15, -0.1) is 0 Å². The van der Waals surface area contributed by atoms with Crippen molar-refractivity contribution in [2.75, 3.05) is 11.9 Å². The van der Waals surface area contributed by atoms with E-state index in [9.17, 15) is 29.2 Å². The van der Waals surface area contributed by atoms with Crippen LogP contribution in [0.15, 0.2) is 36.4 Å². The Bertz CT molecular complexity index is 870. The zero-order chi connectivity index (χ0) is 19.3. The fraction of sp³-hybridized carbons (Fsp3) is 0.125. The van der Waals surface area contributed by atoms with Gasteiger partial charge >= 0.3 is 5.69 Å². The molecule has 0 aliphatic heterocycles. The monoisotopic (exact) mass is 363 g/mol. The number of hydrogen-bond acceptors (Lipinski definition) is 7. The number of halogens is 1. The number of nitro groups is 1. The summed E-state index contributed by atoms with van der Waals surface area (Å²) in [4.78, 5) is 31.9. The van der Waals surface area contributed by atoms with E-state index in [1.165, 1.54) is 24.3 Å². The molecule has 0 heterocycles. The van der Waals surface area contributed by atoms with E-state index >= 15 is 0 Å². The summed E-state index contributed by atoms with van der Waals surface area (Å²) in [6, 6.07) is 7.35. The van der Waals surface area contributed by atoms with E-state index in [-0.39, 0.29) is 22.9 Å². The number of nitrogens with one attached hydrogen (secondary N) is 1. The van der Waals surface area contributed by atoms with Crippen LogP contribution in [0.4, 0.5) is 15.8 Å². The predicted molar refractivity (Wildman–Crippen MR) is 84.4 cm³/mol. The summed E-state index contributed by atoms with van der Waals surface area (Å²) in [5, 5.41) is 23.9. The van der Waals surface area contributed by atoms with Crippen molar-refractivity contribution in [1.82, 2.24) is 0 Å². The number of ether oxygens (including phenoxy) is 2. The zero-order valence-electron chi connectivity index (χ0n) is 13.4. The fourth-order valence-electron chi connectivity index (χ4n) is 1.96. The third kappa shape index (κ3) is 4.66. The van der Waals surface area contributed by atoms with Crippen LogP contribution in [-0.4, -0.2) is 23.4 Å². The third-order valence-corrected chi connectivity index (χ3v) is 2.97. The molecule has 2 rings (SSSR count). The topological polar surface area (TPSA) is 131 Å². The van der Waals surface area contributed by atoms with Gasteiger partial charge in [0.1, 0.15) is 6.61 Å². The molecule has 2 aromatic rings. The number of para-hydroxylation sites is 2. The van der Waals surface area contributed by atoms with Gasteiger partial charge in [0.25, 0.3) is 0 Å². The van der Waals surface area contributed by atoms with Crippen LogP contribution in [0.5, 0.6) is 17.2 Å². The quantitative estimate of drug-likeness (QED) is 0.584. The summed E-state index contributed by atoms with van der Waals surface area (Å²) >= 11 is 0. The number of hydrogen-bond donors (Lipinski definition) is 1. The summed E-state index contributed by atoms with van der Waals surface area (Å²) in [6.45, 7) is 0.382.